The molecule has 0 spiro atoms. The van der Waals surface area contributed by atoms with E-state index in [0.29, 0.717) is 0 Å². The van der Waals surface area contributed by atoms with Crippen LogP contribution in [0.3, 0.4) is 0 Å². The van der Waals surface area contributed by atoms with Crippen molar-refractivity contribution in [3.05, 3.63) is 36.2 Å². The van der Waals surface area contributed by atoms with Crippen LogP contribution in [0.25, 0.3) is 0 Å². The Kier molecular flexibility index (Phi) is 4.55. The summed E-state index contributed by atoms with van der Waals surface area (Å²) in [6.07, 6.45) is 2.19. The predicted molar refractivity (Wildman–Crippen MR) is 56.8 cm³/mol. The Labute approximate surface area is 83.3 Å². The monoisotopic (exact) mass is 199 g/mol. The summed E-state index contributed by atoms with van der Waals surface area (Å²) in [5, 5.41) is 0.802. The van der Waals surface area contributed by atoms with Crippen LogP contribution in [0, 0.1) is 6.92 Å². The van der Waals surface area contributed by atoms with Crippen LogP contribution in [0.2, 0.25) is 5.02 Å². The second-order valence-corrected chi connectivity index (χ2v) is 4.11. The van der Waals surface area contributed by atoms with Gasteiger partial charge in [0.15, 0.2) is 0 Å². The van der Waals surface area contributed by atoms with Crippen LogP contribution in [-0.4, -0.2) is 5.75 Å². The maximum atomic E-state index is 5.75. The van der Waals surface area contributed by atoms with E-state index >= 15 is 0 Å². The molecule has 12 heavy (non-hydrogen) atoms. The van der Waals surface area contributed by atoms with Crippen molar-refractivity contribution in [1.82, 2.24) is 0 Å². The zero-order valence-corrected chi connectivity index (χ0v) is 8.50. The first-order valence-electron chi connectivity index (χ1n) is 4.00. The molecular formula is C10H12ClS. The van der Waals surface area contributed by atoms with Crippen molar-refractivity contribution >= 4 is 23.4 Å². The van der Waals surface area contributed by atoms with Gasteiger partial charge in [-0.15, -0.1) is 11.8 Å². The van der Waals surface area contributed by atoms with Gasteiger partial charge in [0.25, 0.3) is 0 Å². The summed E-state index contributed by atoms with van der Waals surface area (Å²) in [6, 6.07) is 7.95. The van der Waals surface area contributed by atoms with Gasteiger partial charge < -0.3 is 0 Å². The molecule has 0 fully saturated rings. The van der Waals surface area contributed by atoms with Crippen molar-refractivity contribution in [1.29, 1.82) is 0 Å². The van der Waals surface area contributed by atoms with Crippen LogP contribution in [0.4, 0.5) is 0 Å². The first kappa shape index (κ1) is 9.94. The number of benzene rings is 1. The number of hydrogen-bond donors (Lipinski definition) is 0. The lowest BCUT2D eigenvalue weighted by atomic mass is 10.4. The molecule has 0 atom stereocenters. The zero-order valence-electron chi connectivity index (χ0n) is 6.92. The third-order valence-corrected chi connectivity index (χ3v) is 2.83. The number of halogens is 1. The Bertz CT molecular complexity index is 218. The number of thioether (sulfide) groups is 1. The molecule has 1 rings (SSSR count). The van der Waals surface area contributed by atoms with Crippen LogP contribution in [0.15, 0.2) is 29.2 Å². The minimum Gasteiger partial charge on any atom is -0.126 e. The van der Waals surface area contributed by atoms with E-state index in [1.54, 1.807) is 0 Å². The summed E-state index contributed by atoms with van der Waals surface area (Å²) >= 11 is 7.61. The average molecular weight is 200 g/mol. The van der Waals surface area contributed by atoms with Gasteiger partial charge in [-0.1, -0.05) is 24.9 Å². The Morgan fingerprint density at radius 3 is 2.50 bits per heavy atom. The second-order valence-electron chi connectivity index (χ2n) is 2.51. The van der Waals surface area contributed by atoms with Crippen LogP contribution < -0.4 is 0 Å². The smallest absolute Gasteiger partial charge is 0.0406 e. The number of unbranched alkanes of at least 4 members (excludes halogenated alkanes) is 1. The molecule has 0 aliphatic rings. The first-order chi connectivity index (χ1) is 5.83. The van der Waals surface area contributed by atoms with Gasteiger partial charge in [0.2, 0.25) is 0 Å². The van der Waals surface area contributed by atoms with Crippen LogP contribution in [-0.2, 0) is 0 Å². The molecule has 0 aliphatic heterocycles. The number of rotatable bonds is 4. The van der Waals surface area contributed by atoms with E-state index in [0.717, 1.165) is 17.2 Å². The van der Waals surface area contributed by atoms with Crippen LogP contribution in [0.1, 0.15) is 12.8 Å². The molecule has 0 N–H and O–H groups in total. The summed E-state index contributed by atoms with van der Waals surface area (Å²) in [5.41, 5.74) is 0. The van der Waals surface area contributed by atoms with E-state index in [9.17, 15) is 0 Å². The largest absolute Gasteiger partial charge is 0.126 e. The molecule has 0 aliphatic carbocycles. The molecule has 2 heteroatoms. The molecule has 0 unspecified atom stereocenters. The van der Waals surface area contributed by atoms with Gasteiger partial charge in [-0.2, -0.15) is 0 Å². The predicted octanol–water partition coefficient (Wildman–Crippen LogP) is 4.05. The highest BCUT2D eigenvalue weighted by Gasteiger charge is 1.92. The van der Waals surface area contributed by atoms with Gasteiger partial charge in [-0.3, -0.25) is 0 Å². The second kappa shape index (κ2) is 5.50. The van der Waals surface area contributed by atoms with Crippen molar-refractivity contribution in [3.8, 4) is 0 Å². The molecule has 65 valence electrons. The van der Waals surface area contributed by atoms with Crippen LogP contribution in [0.5, 0.6) is 0 Å². The molecule has 0 bridgehead atoms. The summed E-state index contributed by atoms with van der Waals surface area (Å²) < 4.78 is 0. The maximum Gasteiger partial charge on any atom is 0.0406 e. The summed E-state index contributed by atoms with van der Waals surface area (Å²) in [7, 11) is 0. The van der Waals surface area contributed by atoms with Gasteiger partial charge in [-0.05, 0) is 36.4 Å². The van der Waals surface area contributed by atoms with Gasteiger partial charge in [0.1, 0.15) is 0 Å². The van der Waals surface area contributed by atoms with Crippen molar-refractivity contribution < 1.29 is 0 Å². The van der Waals surface area contributed by atoms with E-state index in [4.69, 9.17) is 11.6 Å². The minimum absolute atomic E-state index is 0.802. The highest BCUT2D eigenvalue weighted by molar-refractivity contribution is 7.99. The lowest BCUT2D eigenvalue weighted by Crippen LogP contribution is -1.77. The van der Waals surface area contributed by atoms with Crippen molar-refractivity contribution in [2.75, 3.05) is 5.75 Å². The average Bonchev–Trinajstić information content (AvgIpc) is 2.09. The zero-order chi connectivity index (χ0) is 8.81. The fourth-order valence-corrected chi connectivity index (χ4v) is 1.86. The molecule has 1 aromatic rings. The third-order valence-electron chi connectivity index (χ3n) is 1.48. The van der Waals surface area contributed by atoms with E-state index in [1.165, 1.54) is 11.3 Å². The molecule has 0 saturated heterocycles. The summed E-state index contributed by atoms with van der Waals surface area (Å²) in [5.74, 6) is 1.14. The molecular weight excluding hydrogens is 188 g/mol. The molecule has 0 aromatic heterocycles. The molecule has 1 radical (unpaired) electrons. The maximum absolute atomic E-state index is 5.75. The molecule has 0 saturated carbocycles. The Morgan fingerprint density at radius 2 is 1.92 bits per heavy atom. The van der Waals surface area contributed by atoms with Gasteiger partial charge in [0, 0.05) is 9.92 Å². The Balaban J connectivity index is 2.37. The Hall–Kier alpha value is -0.140. The highest BCUT2D eigenvalue weighted by Crippen LogP contribution is 2.20. The SMILES string of the molecule is [CH2]CCCSc1ccc(Cl)cc1. The lowest BCUT2D eigenvalue weighted by molar-refractivity contribution is 0.969. The fourth-order valence-electron chi connectivity index (χ4n) is 0.823. The van der Waals surface area contributed by atoms with Crippen molar-refractivity contribution in [3.63, 3.8) is 0 Å². The minimum atomic E-state index is 0.802. The van der Waals surface area contributed by atoms with E-state index < -0.39 is 0 Å². The quantitative estimate of drug-likeness (QED) is 0.521. The summed E-state index contributed by atoms with van der Waals surface area (Å²) in [6.45, 7) is 3.80. The molecule has 0 heterocycles. The topological polar surface area (TPSA) is 0 Å². The van der Waals surface area contributed by atoms with Crippen LogP contribution >= 0.6 is 23.4 Å². The van der Waals surface area contributed by atoms with Gasteiger partial charge in [-0.25, -0.2) is 0 Å². The summed E-state index contributed by atoms with van der Waals surface area (Å²) in [4.78, 5) is 1.29. The van der Waals surface area contributed by atoms with Crippen molar-refractivity contribution in [2.24, 2.45) is 0 Å². The lowest BCUT2D eigenvalue weighted by Gasteiger charge is -1.99. The highest BCUT2D eigenvalue weighted by atomic mass is 35.5. The molecule has 0 nitrogen and oxygen atoms in total. The molecule has 1 aromatic carbocycles. The third kappa shape index (κ3) is 3.51. The standard InChI is InChI=1S/C10H12ClS/c1-2-3-8-12-10-6-4-9(11)5-7-10/h4-7H,1-3,8H2. The number of hydrogen-bond acceptors (Lipinski definition) is 1. The van der Waals surface area contributed by atoms with Gasteiger partial charge in [0.05, 0.1) is 0 Å². The molecule has 0 amide bonds. The van der Waals surface area contributed by atoms with Gasteiger partial charge >= 0.3 is 0 Å². The first-order valence-corrected chi connectivity index (χ1v) is 5.37. The van der Waals surface area contributed by atoms with Crippen molar-refractivity contribution in [2.45, 2.75) is 17.7 Å². The normalized spacial score (nSPS) is 10.2. The Morgan fingerprint density at radius 1 is 1.25 bits per heavy atom. The van der Waals surface area contributed by atoms with E-state index in [2.05, 4.69) is 19.1 Å². The fraction of sp³-hybridized carbons (Fsp3) is 0.300. The van der Waals surface area contributed by atoms with E-state index in [1.807, 2.05) is 23.9 Å². The van der Waals surface area contributed by atoms with E-state index in [-0.39, 0.29) is 0 Å².